The van der Waals surface area contributed by atoms with E-state index in [1.165, 1.54) is 5.56 Å². The minimum Gasteiger partial charge on any atom is -0.297 e. The lowest BCUT2D eigenvalue weighted by molar-refractivity contribution is -0.116. The van der Waals surface area contributed by atoms with Gasteiger partial charge in [0.25, 0.3) is 0 Å². The molecule has 0 fully saturated rings. The van der Waals surface area contributed by atoms with Crippen molar-refractivity contribution in [3.05, 3.63) is 23.4 Å². The number of amides is 1. The van der Waals surface area contributed by atoms with Crippen molar-refractivity contribution in [2.24, 2.45) is 0 Å². The molecule has 0 spiro atoms. The molecule has 1 aliphatic heterocycles. The Balaban J connectivity index is 2.44. The van der Waals surface area contributed by atoms with Crippen LogP contribution in [0.5, 0.6) is 0 Å². The van der Waals surface area contributed by atoms with Crippen LogP contribution < -0.4 is 4.90 Å². The Hall–Kier alpha value is -1.38. The van der Waals surface area contributed by atoms with Gasteiger partial charge in [-0.3, -0.25) is 9.69 Å². The molecule has 2 rings (SSSR count). The van der Waals surface area contributed by atoms with Gasteiger partial charge in [0.15, 0.2) is 0 Å². The van der Waals surface area contributed by atoms with Gasteiger partial charge in [0.2, 0.25) is 5.91 Å². The van der Waals surface area contributed by atoms with E-state index in [4.69, 9.17) is 0 Å². The second-order valence-electron chi connectivity index (χ2n) is 3.77. The van der Waals surface area contributed by atoms with Crippen molar-refractivity contribution in [1.82, 2.24) is 4.98 Å². The van der Waals surface area contributed by atoms with E-state index in [0.717, 1.165) is 30.8 Å². The number of carbonyl (C=O) groups is 1. The van der Waals surface area contributed by atoms with E-state index in [2.05, 4.69) is 11.1 Å². The largest absolute Gasteiger partial charge is 0.297 e. The highest BCUT2D eigenvalue weighted by molar-refractivity contribution is 5.91. The van der Waals surface area contributed by atoms with Crippen LogP contribution in [0.2, 0.25) is 0 Å². The van der Waals surface area contributed by atoms with E-state index in [1.54, 1.807) is 11.8 Å². The Morgan fingerprint density at radius 3 is 3.07 bits per heavy atom. The van der Waals surface area contributed by atoms with E-state index in [9.17, 15) is 4.79 Å². The number of fused-ring (bicyclic) bond motifs is 1. The summed E-state index contributed by atoms with van der Waals surface area (Å²) in [6.07, 6.45) is 3.89. The molecule has 3 heteroatoms. The lowest BCUT2D eigenvalue weighted by Crippen LogP contribution is -2.34. The number of hydrogen-bond donors (Lipinski definition) is 0. The first kappa shape index (κ1) is 9.19. The molecule has 0 atom stereocenters. The van der Waals surface area contributed by atoms with E-state index in [1.807, 2.05) is 13.1 Å². The molecule has 1 aromatic rings. The second kappa shape index (κ2) is 3.40. The summed E-state index contributed by atoms with van der Waals surface area (Å²) in [7, 11) is 0. The standard InChI is InChI=1S/C11H14N2O/c1-8-6-10-4-3-5-13(9(2)14)11(10)12-7-8/h6-7H,3-5H2,1-2H3. The Kier molecular flexibility index (Phi) is 2.23. The number of nitrogens with zero attached hydrogens (tertiary/aromatic N) is 2. The zero-order valence-electron chi connectivity index (χ0n) is 8.58. The van der Waals surface area contributed by atoms with Crippen molar-refractivity contribution in [3.8, 4) is 0 Å². The molecular weight excluding hydrogens is 176 g/mol. The van der Waals surface area contributed by atoms with E-state index >= 15 is 0 Å². The van der Waals surface area contributed by atoms with Crippen LogP contribution in [0.4, 0.5) is 5.82 Å². The van der Waals surface area contributed by atoms with Crippen LogP contribution in [-0.2, 0) is 11.2 Å². The molecule has 1 amide bonds. The molecular formula is C11H14N2O. The molecule has 1 aliphatic rings. The van der Waals surface area contributed by atoms with Crippen molar-refractivity contribution in [2.45, 2.75) is 26.7 Å². The molecule has 1 aromatic heterocycles. The fourth-order valence-electron chi connectivity index (χ4n) is 1.89. The summed E-state index contributed by atoms with van der Waals surface area (Å²) in [5.74, 6) is 0.941. The summed E-state index contributed by atoms with van der Waals surface area (Å²) in [4.78, 5) is 17.4. The summed E-state index contributed by atoms with van der Waals surface area (Å²) in [5, 5.41) is 0. The van der Waals surface area contributed by atoms with Crippen LogP contribution >= 0.6 is 0 Å². The molecule has 0 radical (unpaired) electrons. The summed E-state index contributed by atoms with van der Waals surface area (Å²) in [5.41, 5.74) is 2.36. The molecule has 2 heterocycles. The lowest BCUT2D eigenvalue weighted by atomic mass is 10.0. The molecule has 0 aliphatic carbocycles. The zero-order valence-corrected chi connectivity index (χ0v) is 8.58. The highest BCUT2D eigenvalue weighted by Crippen LogP contribution is 2.25. The Morgan fingerprint density at radius 1 is 1.57 bits per heavy atom. The van der Waals surface area contributed by atoms with E-state index in [-0.39, 0.29) is 5.91 Å². The van der Waals surface area contributed by atoms with Crippen molar-refractivity contribution >= 4 is 11.7 Å². The number of aryl methyl sites for hydroxylation is 2. The highest BCUT2D eigenvalue weighted by Gasteiger charge is 2.20. The predicted molar refractivity (Wildman–Crippen MR) is 55.3 cm³/mol. The average Bonchev–Trinajstić information content (AvgIpc) is 2.16. The Morgan fingerprint density at radius 2 is 2.36 bits per heavy atom. The van der Waals surface area contributed by atoms with Gasteiger partial charge >= 0.3 is 0 Å². The number of carbonyl (C=O) groups excluding carboxylic acids is 1. The third-order valence-electron chi connectivity index (χ3n) is 2.54. The van der Waals surface area contributed by atoms with Crippen molar-refractivity contribution in [2.75, 3.05) is 11.4 Å². The van der Waals surface area contributed by atoms with Gasteiger partial charge in [0.05, 0.1) is 0 Å². The number of hydrogen-bond acceptors (Lipinski definition) is 2. The number of pyridine rings is 1. The van der Waals surface area contributed by atoms with Gasteiger partial charge in [-0.25, -0.2) is 4.98 Å². The number of aromatic nitrogens is 1. The predicted octanol–water partition coefficient (Wildman–Crippen LogP) is 1.69. The summed E-state index contributed by atoms with van der Waals surface area (Å²) >= 11 is 0. The fraction of sp³-hybridized carbons (Fsp3) is 0.455. The molecule has 14 heavy (non-hydrogen) atoms. The van der Waals surface area contributed by atoms with Crippen LogP contribution in [0.25, 0.3) is 0 Å². The first-order valence-electron chi connectivity index (χ1n) is 4.92. The second-order valence-corrected chi connectivity index (χ2v) is 3.77. The Bertz CT molecular complexity index is 374. The van der Waals surface area contributed by atoms with Crippen LogP contribution in [0, 0.1) is 6.92 Å². The third-order valence-corrected chi connectivity index (χ3v) is 2.54. The molecule has 0 unspecified atom stereocenters. The molecule has 74 valence electrons. The van der Waals surface area contributed by atoms with Crippen molar-refractivity contribution in [1.29, 1.82) is 0 Å². The van der Waals surface area contributed by atoms with Crippen molar-refractivity contribution in [3.63, 3.8) is 0 Å². The number of anilines is 1. The van der Waals surface area contributed by atoms with Crippen molar-refractivity contribution < 1.29 is 4.79 Å². The summed E-state index contributed by atoms with van der Waals surface area (Å²) < 4.78 is 0. The van der Waals surface area contributed by atoms with Gasteiger partial charge in [0, 0.05) is 19.7 Å². The third kappa shape index (κ3) is 1.50. The molecule has 0 saturated carbocycles. The van der Waals surface area contributed by atoms with Gasteiger partial charge in [0.1, 0.15) is 5.82 Å². The molecule has 3 nitrogen and oxygen atoms in total. The van der Waals surface area contributed by atoms with Crippen LogP contribution in [0.1, 0.15) is 24.5 Å². The molecule has 0 bridgehead atoms. The highest BCUT2D eigenvalue weighted by atomic mass is 16.2. The number of rotatable bonds is 0. The van der Waals surface area contributed by atoms with Gasteiger partial charge < -0.3 is 0 Å². The van der Waals surface area contributed by atoms with Crippen LogP contribution in [-0.4, -0.2) is 17.4 Å². The fourth-order valence-corrected chi connectivity index (χ4v) is 1.89. The first-order valence-corrected chi connectivity index (χ1v) is 4.92. The maximum atomic E-state index is 11.3. The van der Waals surface area contributed by atoms with Gasteiger partial charge in [-0.05, 0) is 30.9 Å². The molecule has 0 saturated heterocycles. The summed E-state index contributed by atoms with van der Waals surface area (Å²) in [6, 6.07) is 2.12. The summed E-state index contributed by atoms with van der Waals surface area (Å²) in [6.45, 7) is 4.43. The van der Waals surface area contributed by atoms with Crippen LogP contribution in [0.3, 0.4) is 0 Å². The normalized spacial score (nSPS) is 15.1. The van der Waals surface area contributed by atoms with Gasteiger partial charge in [-0.2, -0.15) is 0 Å². The lowest BCUT2D eigenvalue weighted by Gasteiger charge is -2.27. The van der Waals surface area contributed by atoms with E-state index in [0.29, 0.717) is 0 Å². The van der Waals surface area contributed by atoms with Crippen LogP contribution in [0.15, 0.2) is 12.3 Å². The minimum absolute atomic E-state index is 0.0855. The minimum atomic E-state index is 0.0855. The SMILES string of the molecule is CC(=O)N1CCCc2cc(C)cnc21. The van der Waals surface area contributed by atoms with E-state index < -0.39 is 0 Å². The topological polar surface area (TPSA) is 33.2 Å². The first-order chi connectivity index (χ1) is 6.68. The maximum absolute atomic E-state index is 11.3. The quantitative estimate of drug-likeness (QED) is 0.623. The zero-order chi connectivity index (χ0) is 10.1. The smallest absolute Gasteiger partial charge is 0.225 e. The van der Waals surface area contributed by atoms with Gasteiger partial charge in [-0.15, -0.1) is 0 Å². The Labute approximate surface area is 83.8 Å². The monoisotopic (exact) mass is 190 g/mol. The average molecular weight is 190 g/mol. The molecule has 0 aromatic carbocycles. The molecule has 0 N–H and O–H groups in total. The maximum Gasteiger partial charge on any atom is 0.225 e. The van der Waals surface area contributed by atoms with Gasteiger partial charge in [-0.1, -0.05) is 6.07 Å².